The number of benzene rings is 1. The quantitative estimate of drug-likeness (QED) is 0.259. The Hall–Kier alpha value is -0.460. The number of aliphatic imine (C=N–C) groups is 1. The maximum absolute atomic E-state index is 8.58. The van der Waals surface area contributed by atoms with E-state index in [0.29, 0.717) is 16.6 Å². The second-order valence-corrected chi connectivity index (χ2v) is 5.67. The lowest BCUT2D eigenvalue weighted by Crippen LogP contribution is -2.12. The van der Waals surface area contributed by atoms with Gasteiger partial charge in [-0.3, -0.25) is 5.32 Å². The molecular weight excluding hydrogens is 417 g/mol. The first kappa shape index (κ1) is 14.6. The van der Waals surface area contributed by atoms with Crippen LogP contribution in [-0.4, -0.2) is 18.5 Å². The van der Waals surface area contributed by atoms with E-state index in [1.54, 1.807) is 7.11 Å². The first-order valence-electron chi connectivity index (χ1n) is 4.43. The Morgan fingerprint density at radius 3 is 2.88 bits per heavy atom. The van der Waals surface area contributed by atoms with Gasteiger partial charge in [0.2, 0.25) is 0 Å². The van der Waals surface area contributed by atoms with E-state index in [-0.39, 0.29) is 0 Å². The average molecular weight is 426 g/mol. The molecule has 17 heavy (non-hydrogen) atoms. The number of amidine groups is 1. The summed E-state index contributed by atoms with van der Waals surface area (Å²) in [4.78, 5) is 4.35. The number of hydrogen-bond acceptors (Lipinski definition) is 4. The van der Waals surface area contributed by atoms with Gasteiger partial charge >= 0.3 is 0 Å². The van der Waals surface area contributed by atoms with E-state index < -0.39 is 0 Å². The smallest absolute Gasteiger partial charge is 0.183 e. The zero-order chi connectivity index (χ0) is 12.8. The van der Waals surface area contributed by atoms with E-state index in [9.17, 15) is 0 Å². The van der Waals surface area contributed by atoms with E-state index in [1.165, 1.54) is 11.8 Å². The Kier molecular flexibility index (Phi) is 6.08. The number of nitrogens with one attached hydrogen (secondary N) is 1. The summed E-state index contributed by atoms with van der Waals surface area (Å²) in [5.74, 6) is 0.695. The molecule has 0 atom stereocenters. The van der Waals surface area contributed by atoms with Crippen molar-refractivity contribution < 1.29 is 4.74 Å². The minimum atomic E-state index is 0.528. The molecular formula is C10H9BrIN3OS. The Balaban J connectivity index is 3.25. The minimum absolute atomic E-state index is 0.528. The molecule has 0 unspecified atom stereocenters. The number of hydrogen-bond donors (Lipinski definition) is 1. The van der Waals surface area contributed by atoms with Crippen LogP contribution in [0.3, 0.4) is 0 Å². The molecule has 0 aromatic heterocycles. The summed E-state index contributed by atoms with van der Waals surface area (Å²) in [6, 6.07) is 3.78. The van der Waals surface area contributed by atoms with Crippen molar-refractivity contribution in [3.8, 4) is 11.9 Å². The van der Waals surface area contributed by atoms with Crippen LogP contribution in [0, 0.1) is 15.0 Å². The predicted octanol–water partition coefficient (Wildman–Crippen LogP) is 3.48. The summed E-state index contributed by atoms with van der Waals surface area (Å²) in [5, 5.41) is 11.6. The number of ether oxygens (including phenoxy) is 1. The summed E-state index contributed by atoms with van der Waals surface area (Å²) >= 11 is 6.94. The third kappa shape index (κ3) is 4.04. The van der Waals surface area contributed by atoms with Crippen molar-refractivity contribution in [2.24, 2.45) is 4.99 Å². The lowest BCUT2D eigenvalue weighted by atomic mass is 10.3. The second kappa shape index (κ2) is 7.08. The predicted molar refractivity (Wildman–Crippen MR) is 82.8 cm³/mol. The number of thioether (sulfide) groups is 1. The van der Waals surface area contributed by atoms with Crippen molar-refractivity contribution in [3.05, 3.63) is 20.2 Å². The molecule has 0 saturated carbocycles. The molecule has 1 N–H and O–H groups in total. The Morgan fingerprint density at radius 1 is 1.65 bits per heavy atom. The van der Waals surface area contributed by atoms with Crippen molar-refractivity contribution in [1.82, 2.24) is 5.32 Å². The maximum atomic E-state index is 8.58. The van der Waals surface area contributed by atoms with Gasteiger partial charge in [-0.25, -0.2) is 4.99 Å². The third-order valence-electron chi connectivity index (χ3n) is 1.77. The fourth-order valence-corrected chi connectivity index (χ4v) is 3.16. The number of nitriles is 1. The standard InChI is InChI=1S/C10H9BrIN3OS/c1-16-9-7(12)3-6(11)4-8(9)15-10(17-2)14-5-13/h3-4H,1-2H3,(H,14,15). The van der Waals surface area contributed by atoms with Crippen molar-refractivity contribution in [1.29, 1.82) is 5.26 Å². The largest absolute Gasteiger partial charge is 0.493 e. The molecule has 4 nitrogen and oxygen atoms in total. The molecule has 0 aliphatic carbocycles. The number of methoxy groups -OCH3 is 1. The van der Waals surface area contributed by atoms with Crippen LogP contribution in [0.2, 0.25) is 0 Å². The zero-order valence-electron chi connectivity index (χ0n) is 9.12. The van der Waals surface area contributed by atoms with E-state index in [4.69, 9.17) is 10.00 Å². The van der Waals surface area contributed by atoms with Gasteiger partial charge in [-0.1, -0.05) is 27.7 Å². The van der Waals surface area contributed by atoms with Crippen LogP contribution < -0.4 is 10.1 Å². The van der Waals surface area contributed by atoms with Gasteiger partial charge < -0.3 is 4.74 Å². The number of nitrogens with zero attached hydrogens (tertiary/aromatic N) is 2. The van der Waals surface area contributed by atoms with Crippen LogP contribution in [0.5, 0.6) is 5.75 Å². The van der Waals surface area contributed by atoms with Gasteiger partial charge in [0, 0.05) is 4.47 Å². The first-order chi connectivity index (χ1) is 8.12. The molecule has 0 aliphatic rings. The lowest BCUT2D eigenvalue weighted by molar-refractivity contribution is 0.413. The fourth-order valence-electron chi connectivity index (χ4n) is 1.11. The molecule has 0 aliphatic heterocycles. The number of halogens is 2. The molecule has 90 valence electrons. The summed E-state index contributed by atoms with van der Waals surface area (Å²) in [6.45, 7) is 0. The molecule has 0 spiro atoms. The second-order valence-electron chi connectivity index (χ2n) is 2.80. The van der Waals surface area contributed by atoms with E-state index in [2.05, 4.69) is 48.8 Å². The highest BCUT2D eigenvalue weighted by atomic mass is 127. The topological polar surface area (TPSA) is 57.4 Å². The lowest BCUT2D eigenvalue weighted by Gasteiger charge is -2.08. The van der Waals surface area contributed by atoms with Crippen LogP contribution in [0.15, 0.2) is 21.6 Å². The first-order valence-corrected chi connectivity index (χ1v) is 7.52. The van der Waals surface area contributed by atoms with E-state index in [1.807, 2.05) is 24.6 Å². The van der Waals surface area contributed by atoms with E-state index >= 15 is 0 Å². The van der Waals surface area contributed by atoms with Gasteiger partial charge in [-0.15, -0.1) is 0 Å². The molecule has 1 aromatic rings. The monoisotopic (exact) mass is 425 g/mol. The minimum Gasteiger partial charge on any atom is -0.493 e. The van der Waals surface area contributed by atoms with Gasteiger partial charge in [0.1, 0.15) is 5.69 Å². The van der Waals surface area contributed by atoms with Crippen LogP contribution >= 0.6 is 50.3 Å². The van der Waals surface area contributed by atoms with Gasteiger partial charge in [0.25, 0.3) is 0 Å². The zero-order valence-corrected chi connectivity index (χ0v) is 13.7. The molecule has 7 heteroatoms. The summed E-state index contributed by atoms with van der Waals surface area (Å²) in [5.41, 5.74) is 0.679. The van der Waals surface area contributed by atoms with Gasteiger partial charge in [0.15, 0.2) is 17.1 Å². The van der Waals surface area contributed by atoms with Gasteiger partial charge in [-0.05, 0) is 41.0 Å². The van der Waals surface area contributed by atoms with Gasteiger partial charge in [-0.2, -0.15) is 5.26 Å². The molecule has 0 bridgehead atoms. The van der Waals surface area contributed by atoms with Crippen LogP contribution in [-0.2, 0) is 0 Å². The van der Waals surface area contributed by atoms with Gasteiger partial charge in [0.05, 0.1) is 10.7 Å². The fraction of sp³-hybridized carbons (Fsp3) is 0.200. The molecule has 0 amide bonds. The molecule has 0 saturated heterocycles. The summed E-state index contributed by atoms with van der Waals surface area (Å²) < 4.78 is 7.17. The summed E-state index contributed by atoms with van der Waals surface area (Å²) in [7, 11) is 1.60. The van der Waals surface area contributed by atoms with Crippen LogP contribution in [0.1, 0.15) is 0 Å². The normalized spacial score (nSPS) is 10.9. The Bertz CT molecular complexity index is 487. The third-order valence-corrected chi connectivity index (χ3v) is 3.61. The van der Waals surface area contributed by atoms with E-state index in [0.717, 1.165) is 8.04 Å². The highest BCUT2D eigenvalue weighted by Gasteiger charge is 2.09. The maximum Gasteiger partial charge on any atom is 0.183 e. The van der Waals surface area contributed by atoms with Crippen molar-refractivity contribution in [3.63, 3.8) is 0 Å². The average Bonchev–Trinajstić information content (AvgIpc) is 2.28. The van der Waals surface area contributed by atoms with Crippen molar-refractivity contribution >= 4 is 61.1 Å². The summed E-state index contributed by atoms with van der Waals surface area (Å²) in [6.07, 6.45) is 3.70. The Morgan fingerprint density at radius 2 is 2.35 bits per heavy atom. The van der Waals surface area contributed by atoms with Crippen molar-refractivity contribution in [2.75, 3.05) is 13.4 Å². The van der Waals surface area contributed by atoms with Crippen LogP contribution in [0.25, 0.3) is 0 Å². The molecule has 1 aromatic carbocycles. The molecule has 1 rings (SSSR count). The molecule has 0 fully saturated rings. The molecule has 0 heterocycles. The highest BCUT2D eigenvalue weighted by molar-refractivity contribution is 14.1. The van der Waals surface area contributed by atoms with Crippen LogP contribution in [0.4, 0.5) is 5.69 Å². The Labute approximate surface area is 126 Å². The SMILES string of the molecule is COc1c(I)cc(Br)cc1N=C(NC#N)SC. The van der Waals surface area contributed by atoms with Crippen molar-refractivity contribution in [2.45, 2.75) is 0 Å². The molecule has 0 radical (unpaired) electrons. The number of rotatable bonds is 2. The highest BCUT2D eigenvalue weighted by Crippen LogP contribution is 2.36.